The summed E-state index contributed by atoms with van der Waals surface area (Å²) in [4.78, 5) is 12.4. The first-order valence-electron chi connectivity index (χ1n) is 5.49. The molecule has 0 unspecified atom stereocenters. The van der Waals surface area contributed by atoms with Crippen molar-refractivity contribution in [3.63, 3.8) is 0 Å². The highest BCUT2D eigenvalue weighted by atomic mass is 32.1. The Morgan fingerprint density at radius 3 is 2.78 bits per heavy atom. The monoisotopic (exact) mass is 276 g/mol. The summed E-state index contributed by atoms with van der Waals surface area (Å²) in [5, 5.41) is 3.05. The fourth-order valence-electron chi connectivity index (χ4n) is 1.87. The van der Waals surface area contributed by atoms with Gasteiger partial charge in [0.25, 0.3) is 0 Å². The SMILES string of the molecule is Cc1sc2nc(-c3cccs3)nc(NN)c2c1C. The van der Waals surface area contributed by atoms with E-state index in [0.717, 1.165) is 20.9 Å². The van der Waals surface area contributed by atoms with E-state index in [1.165, 1.54) is 10.4 Å². The highest BCUT2D eigenvalue weighted by Crippen LogP contribution is 2.35. The Labute approximate surface area is 112 Å². The number of aromatic nitrogens is 2. The molecule has 0 saturated carbocycles. The summed E-state index contributed by atoms with van der Waals surface area (Å²) in [6.45, 7) is 4.16. The number of hydrogen-bond acceptors (Lipinski definition) is 6. The number of hydrazine groups is 1. The lowest BCUT2D eigenvalue weighted by atomic mass is 10.2. The number of anilines is 1. The molecule has 92 valence electrons. The number of nitrogens with two attached hydrogens (primary N) is 1. The van der Waals surface area contributed by atoms with E-state index in [0.29, 0.717) is 5.82 Å². The van der Waals surface area contributed by atoms with Gasteiger partial charge in [-0.3, -0.25) is 0 Å². The molecule has 0 aromatic carbocycles. The minimum atomic E-state index is 0.699. The molecule has 0 fully saturated rings. The van der Waals surface area contributed by atoms with Gasteiger partial charge < -0.3 is 5.43 Å². The van der Waals surface area contributed by atoms with Crippen LogP contribution in [0.1, 0.15) is 10.4 Å². The number of hydrogen-bond donors (Lipinski definition) is 2. The number of rotatable bonds is 2. The Morgan fingerprint density at radius 2 is 2.11 bits per heavy atom. The molecule has 0 saturated heterocycles. The van der Waals surface area contributed by atoms with Gasteiger partial charge in [-0.05, 0) is 30.9 Å². The molecule has 4 nitrogen and oxygen atoms in total. The Balaban J connectivity index is 2.32. The first kappa shape index (κ1) is 11.6. The second kappa shape index (κ2) is 4.31. The Hall–Kier alpha value is -1.50. The van der Waals surface area contributed by atoms with Crippen molar-refractivity contribution in [3.05, 3.63) is 28.0 Å². The Bertz CT molecular complexity index is 701. The van der Waals surface area contributed by atoms with Crippen LogP contribution in [0.3, 0.4) is 0 Å². The number of thiophene rings is 2. The van der Waals surface area contributed by atoms with Gasteiger partial charge in [-0.1, -0.05) is 6.07 Å². The maximum atomic E-state index is 5.58. The predicted molar refractivity (Wildman–Crippen MR) is 78.0 cm³/mol. The quantitative estimate of drug-likeness (QED) is 0.556. The van der Waals surface area contributed by atoms with Crippen LogP contribution in [0.15, 0.2) is 17.5 Å². The first-order chi connectivity index (χ1) is 8.70. The van der Waals surface area contributed by atoms with Gasteiger partial charge in [0.2, 0.25) is 0 Å². The van der Waals surface area contributed by atoms with Crippen molar-refractivity contribution < 1.29 is 0 Å². The van der Waals surface area contributed by atoms with Crippen molar-refractivity contribution in [2.45, 2.75) is 13.8 Å². The summed E-state index contributed by atoms with van der Waals surface area (Å²) in [7, 11) is 0. The molecule has 0 aliphatic heterocycles. The standard InChI is InChI=1S/C12H12N4S2/c1-6-7(2)18-12-9(6)11(16-13)14-10(15-12)8-4-3-5-17-8/h3-5H,13H2,1-2H3,(H,14,15,16). The van der Waals surface area contributed by atoms with Crippen LogP contribution in [-0.4, -0.2) is 9.97 Å². The maximum absolute atomic E-state index is 5.58. The molecule has 0 spiro atoms. The van der Waals surface area contributed by atoms with Gasteiger partial charge in [0.1, 0.15) is 4.83 Å². The molecule has 3 rings (SSSR count). The summed E-state index contributed by atoms with van der Waals surface area (Å²) in [6.07, 6.45) is 0. The van der Waals surface area contributed by atoms with Crippen molar-refractivity contribution in [3.8, 4) is 10.7 Å². The van der Waals surface area contributed by atoms with Crippen molar-refractivity contribution in [2.24, 2.45) is 5.84 Å². The van der Waals surface area contributed by atoms with E-state index in [9.17, 15) is 0 Å². The van der Waals surface area contributed by atoms with E-state index in [1.54, 1.807) is 22.7 Å². The molecule has 3 heterocycles. The molecule has 0 amide bonds. The fourth-order valence-corrected chi connectivity index (χ4v) is 3.56. The summed E-state index contributed by atoms with van der Waals surface area (Å²) in [6, 6.07) is 4.01. The first-order valence-corrected chi connectivity index (χ1v) is 7.18. The molecule has 6 heteroatoms. The number of nitrogens with zero attached hydrogens (tertiary/aromatic N) is 2. The van der Waals surface area contributed by atoms with Crippen LogP contribution < -0.4 is 11.3 Å². The van der Waals surface area contributed by atoms with Crippen LogP contribution in [0.4, 0.5) is 5.82 Å². The molecule has 18 heavy (non-hydrogen) atoms. The smallest absolute Gasteiger partial charge is 0.173 e. The zero-order chi connectivity index (χ0) is 12.7. The van der Waals surface area contributed by atoms with E-state index >= 15 is 0 Å². The second-order valence-electron chi connectivity index (χ2n) is 3.98. The van der Waals surface area contributed by atoms with Gasteiger partial charge in [0, 0.05) is 4.88 Å². The number of aryl methyl sites for hydroxylation is 2. The normalized spacial score (nSPS) is 11.1. The van der Waals surface area contributed by atoms with Crippen molar-refractivity contribution >= 4 is 38.7 Å². The summed E-state index contributed by atoms with van der Waals surface area (Å²) in [5.41, 5.74) is 3.88. The summed E-state index contributed by atoms with van der Waals surface area (Å²) >= 11 is 3.30. The second-order valence-corrected chi connectivity index (χ2v) is 6.13. The van der Waals surface area contributed by atoms with Crippen LogP contribution in [0.2, 0.25) is 0 Å². The predicted octanol–water partition coefficient (Wildman–Crippen LogP) is 3.32. The summed E-state index contributed by atoms with van der Waals surface area (Å²) < 4.78 is 0. The van der Waals surface area contributed by atoms with Gasteiger partial charge in [0.15, 0.2) is 11.6 Å². The molecule has 0 aliphatic carbocycles. The van der Waals surface area contributed by atoms with Gasteiger partial charge in [-0.2, -0.15) is 0 Å². The fraction of sp³-hybridized carbons (Fsp3) is 0.167. The van der Waals surface area contributed by atoms with Crippen LogP contribution in [0.5, 0.6) is 0 Å². The van der Waals surface area contributed by atoms with Crippen molar-refractivity contribution in [2.75, 3.05) is 5.43 Å². The van der Waals surface area contributed by atoms with Crippen LogP contribution in [-0.2, 0) is 0 Å². The molecule has 3 aromatic rings. The zero-order valence-electron chi connectivity index (χ0n) is 10.0. The minimum Gasteiger partial charge on any atom is -0.308 e. The molecule has 3 aromatic heterocycles. The van der Waals surface area contributed by atoms with Crippen LogP contribution >= 0.6 is 22.7 Å². The van der Waals surface area contributed by atoms with Gasteiger partial charge >= 0.3 is 0 Å². The molecule has 0 aliphatic rings. The molecule has 0 atom stereocenters. The third kappa shape index (κ3) is 1.69. The number of nitrogen functional groups attached to an aromatic ring is 1. The van der Waals surface area contributed by atoms with Gasteiger partial charge in [-0.25, -0.2) is 15.8 Å². The maximum Gasteiger partial charge on any atom is 0.173 e. The minimum absolute atomic E-state index is 0.699. The van der Waals surface area contributed by atoms with E-state index in [1.807, 2.05) is 17.5 Å². The van der Waals surface area contributed by atoms with E-state index in [4.69, 9.17) is 5.84 Å². The lowest BCUT2D eigenvalue weighted by molar-refractivity contribution is 1.20. The number of fused-ring (bicyclic) bond motifs is 1. The molecule has 0 bridgehead atoms. The van der Waals surface area contributed by atoms with Gasteiger partial charge in [0.05, 0.1) is 10.3 Å². The number of nitrogens with one attached hydrogen (secondary N) is 1. The molecule has 0 radical (unpaired) electrons. The molecular formula is C12H12N4S2. The van der Waals surface area contributed by atoms with Crippen molar-refractivity contribution in [1.82, 2.24) is 9.97 Å². The lowest BCUT2D eigenvalue weighted by Crippen LogP contribution is -2.10. The van der Waals surface area contributed by atoms with Crippen molar-refractivity contribution in [1.29, 1.82) is 0 Å². The third-order valence-corrected chi connectivity index (χ3v) is 4.87. The Morgan fingerprint density at radius 1 is 1.28 bits per heavy atom. The van der Waals surface area contributed by atoms with E-state index in [2.05, 4.69) is 29.2 Å². The van der Waals surface area contributed by atoms with E-state index < -0.39 is 0 Å². The van der Waals surface area contributed by atoms with Gasteiger partial charge in [-0.15, -0.1) is 22.7 Å². The highest BCUT2D eigenvalue weighted by molar-refractivity contribution is 7.19. The highest BCUT2D eigenvalue weighted by Gasteiger charge is 2.14. The molecular weight excluding hydrogens is 264 g/mol. The van der Waals surface area contributed by atoms with E-state index in [-0.39, 0.29) is 0 Å². The topological polar surface area (TPSA) is 63.8 Å². The third-order valence-electron chi connectivity index (χ3n) is 2.91. The largest absolute Gasteiger partial charge is 0.308 e. The lowest BCUT2D eigenvalue weighted by Gasteiger charge is -2.04. The summed E-state index contributed by atoms with van der Waals surface area (Å²) in [5.74, 6) is 7.01. The zero-order valence-corrected chi connectivity index (χ0v) is 11.7. The molecule has 3 N–H and O–H groups in total. The average Bonchev–Trinajstić information content (AvgIpc) is 2.98. The van der Waals surface area contributed by atoms with Crippen LogP contribution in [0.25, 0.3) is 20.9 Å². The van der Waals surface area contributed by atoms with Crippen LogP contribution in [0, 0.1) is 13.8 Å². The Kier molecular flexibility index (Phi) is 2.77. The average molecular weight is 276 g/mol.